The molecule has 1 saturated heterocycles. The van der Waals surface area contributed by atoms with Crippen LogP contribution in [-0.4, -0.2) is 55.3 Å². The van der Waals surface area contributed by atoms with E-state index in [9.17, 15) is 13.2 Å². The molecule has 4 rings (SSSR count). The first-order valence-electron chi connectivity index (χ1n) is 7.97. The zero-order chi connectivity index (χ0) is 17.6. The summed E-state index contributed by atoms with van der Waals surface area (Å²) in [5.41, 5.74) is 0.996. The predicted octanol–water partition coefficient (Wildman–Crippen LogP) is 1.63. The number of nitrogens with one attached hydrogen (secondary N) is 1. The molecule has 0 spiro atoms. The number of sulfonamides is 1. The second-order valence-corrected chi connectivity index (χ2v) is 9.25. The zero-order valence-electron chi connectivity index (χ0n) is 13.6. The highest BCUT2D eigenvalue weighted by molar-refractivity contribution is 7.89. The van der Waals surface area contributed by atoms with Crippen LogP contribution in [0.25, 0.3) is 0 Å². The van der Waals surface area contributed by atoms with Crippen LogP contribution < -0.4 is 5.32 Å². The normalized spacial score (nSPS) is 22.9. The van der Waals surface area contributed by atoms with Crippen molar-refractivity contribution in [2.75, 3.05) is 26.7 Å². The number of hydrogen-bond donors (Lipinski definition) is 1. The maximum absolute atomic E-state index is 12.5. The Labute approximate surface area is 150 Å². The first kappa shape index (κ1) is 16.5. The third-order valence-corrected chi connectivity index (χ3v) is 7.72. The lowest BCUT2D eigenvalue weighted by Crippen LogP contribution is -2.54. The summed E-state index contributed by atoms with van der Waals surface area (Å²) in [4.78, 5) is 19.6. The van der Waals surface area contributed by atoms with Gasteiger partial charge in [0.2, 0.25) is 10.0 Å². The summed E-state index contributed by atoms with van der Waals surface area (Å²) in [6, 6.07) is 6.92. The van der Waals surface area contributed by atoms with Crippen molar-refractivity contribution in [1.82, 2.24) is 19.5 Å². The summed E-state index contributed by atoms with van der Waals surface area (Å²) in [7, 11) is -1.89. The van der Waals surface area contributed by atoms with Crippen molar-refractivity contribution in [2.24, 2.45) is 0 Å². The van der Waals surface area contributed by atoms with Crippen molar-refractivity contribution in [3.63, 3.8) is 0 Å². The minimum Gasteiger partial charge on any atom is -0.329 e. The molecule has 0 aliphatic carbocycles. The molecule has 2 aliphatic heterocycles. The number of rotatable bonds is 2. The van der Waals surface area contributed by atoms with Crippen molar-refractivity contribution in [2.45, 2.75) is 16.9 Å². The van der Waals surface area contributed by atoms with Crippen molar-refractivity contribution in [1.29, 1.82) is 0 Å². The van der Waals surface area contributed by atoms with Crippen molar-refractivity contribution >= 4 is 27.4 Å². The first-order valence-corrected chi connectivity index (χ1v) is 10.3. The van der Waals surface area contributed by atoms with Gasteiger partial charge in [-0.15, -0.1) is 11.3 Å². The molecule has 132 valence electrons. The van der Waals surface area contributed by atoms with Crippen LogP contribution in [0.5, 0.6) is 0 Å². The number of nitrogens with zero attached hydrogens (tertiary/aromatic N) is 3. The molecule has 0 bridgehead atoms. The van der Waals surface area contributed by atoms with Gasteiger partial charge >= 0.3 is 6.03 Å². The molecule has 25 heavy (non-hydrogen) atoms. The third-order valence-electron chi connectivity index (χ3n) is 4.67. The van der Waals surface area contributed by atoms with E-state index in [4.69, 9.17) is 0 Å². The molecule has 0 aromatic carbocycles. The number of aromatic nitrogens is 1. The molecule has 1 N–H and O–H groups in total. The minimum absolute atomic E-state index is 0.163. The van der Waals surface area contributed by atoms with Crippen molar-refractivity contribution in [3.05, 3.63) is 46.4 Å². The van der Waals surface area contributed by atoms with E-state index in [1.54, 1.807) is 22.5 Å². The van der Waals surface area contributed by atoms with Crippen molar-refractivity contribution in [3.8, 4) is 0 Å². The number of carbonyl (C=O) groups is 1. The molecule has 9 heteroatoms. The number of fused-ring (bicyclic) bond motifs is 1. The minimum atomic E-state index is -3.43. The summed E-state index contributed by atoms with van der Waals surface area (Å²) in [5, 5.41) is 4.73. The number of hydrogen-bond acceptors (Lipinski definition) is 5. The van der Waals surface area contributed by atoms with Gasteiger partial charge in [-0.25, -0.2) is 13.2 Å². The Morgan fingerprint density at radius 2 is 2.08 bits per heavy atom. The van der Waals surface area contributed by atoms with Gasteiger partial charge < -0.3 is 10.2 Å². The number of amides is 2. The first-order chi connectivity index (χ1) is 12.0. The third kappa shape index (κ3) is 2.82. The van der Waals surface area contributed by atoms with Gasteiger partial charge in [0, 0.05) is 49.4 Å². The molecular weight excluding hydrogens is 360 g/mol. The molecule has 2 amide bonds. The van der Waals surface area contributed by atoms with Crippen LogP contribution in [0.2, 0.25) is 0 Å². The average molecular weight is 378 g/mol. The van der Waals surface area contributed by atoms with Gasteiger partial charge in [0.1, 0.15) is 0 Å². The SMILES string of the molecule is CN1C[C@H](NC(=O)N2CC(c3ccccn3)C2)c2sccc2S1(=O)=O. The van der Waals surface area contributed by atoms with E-state index in [1.165, 1.54) is 22.7 Å². The van der Waals surface area contributed by atoms with Crippen molar-refractivity contribution < 1.29 is 13.2 Å². The molecule has 2 aromatic heterocycles. The lowest BCUT2D eigenvalue weighted by atomic mass is 9.96. The molecule has 0 saturated carbocycles. The van der Waals surface area contributed by atoms with E-state index in [1.807, 2.05) is 18.2 Å². The van der Waals surface area contributed by atoms with E-state index in [0.29, 0.717) is 22.9 Å². The number of likely N-dealkylation sites (tertiary alicyclic amines) is 1. The van der Waals surface area contributed by atoms with Crippen LogP contribution in [-0.2, 0) is 10.0 Å². The van der Waals surface area contributed by atoms with Gasteiger partial charge in [0.25, 0.3) is 0 Å². The quantitative estimate of drug-likeness (QED) is 0.861. The van der Waals surface area contributed by atoms with Crippen LogP contribution in [0.15, 0.2) is 40.7 Å². The fraction of sp³-hybridized carbons (Fsp3) is 0.375. The van der Waals surface area contributed by atoms with Crippen LogP contribution in [0.3, 0.4) is 0 Å². The lowest BCUT2D eigenvalue weighted by molar-refractivity contribution is 0.145. The zero-order valence-corrected chi connectivity index (χ0v) is 15.3. The molecule has 4 heterocycles. The van der Waals surface area contributed by atoms with E-state index in [-0.39, 0.29) is 24.5 Å². The molecule has 0 radical (unpaired) electrons. The maximum Gasteiger partial charge on any atom is 0.317 e. The fourth-order valence-electron chi connectivity index (χ4n) is 3.18. The van der Waals surface area contributed by atoms with Gasteiger partial charge in [-0.1, -0.05) is 6.07 Å². The van der Waals surface area contributed by atoms with Gasteiger partial charge in [-0.2, -0.15) is 4.31 Å². The van der Waals surface area contributed by atoms with Crippen LogP contribution in [0.4, 0.5) is 4.79 Å². The number of carbonyl (C=O) groups excluding carboxylic acids is 1. The van der Waals surface area contributed by atoms with E-state index in [0.717, 1.165) is 5.69 Å². The summed E-state index contributed by atoms with van der Waals surface area (Å²) < 4.78 is 25.9. The highest BCUT2D eigenvalue weighted by Gasteiger charge is 2.39. The van der Waals surface area contributed by atoms with E-state index < -0.39 is 10.0 Å². The summed E-state index contributed by atoms with van der Waals surface area (Å²) in [5.74, 6) is 0.263. The molecular formula is C16H18N4O3S2. The Bertz CT molecular complexity index is 891. The summed E-state index contributed by atoms with van der Waals surface area (Å²) in [6.07, 6.45) is 1.76. The molecule has 2 aromatic rings. The fourth-order valence-corrected chi connectivity index (χ4v) is 5.88. The standard InChI is InChI=1S/C16H18N4O3S2/c1-19-10-13(15-14(5-7-24-15)25(19,22)23)18-16(21)20-8-11(9-20)12-4-2-3-6-17-12/h2-7,11,13H,8-10H2,1H3,(H,18,21)/t13-/m0/s1. The molecule has 2 aliphatic rings. The monoisotopic (exact) mass is 378 g/mol. The van der Waals surface area contributed by atoms with E-state index in [2.05, 4.69) is 10.3 Å². The average Bonchev–Trinajstić information content (AvgIpc) is 3.03. The highest BCUT2D eigenvalue weighted by atomic mass is 32.2. The van der Waals surface area contributed by atoms with E-state index >= 15 is 0 Å². The van der Waals surface area contributed by atoms with Crippen LogP contribution in [0.1, 0.15) is 22.5 Å². The summed E-state index contributed by atoms with van der Waals surface area (Å²) in [6.45, 7) is 1.50. The van der Waals surface area contributed by atoms with Gasteiger partial charge in [0.15, 0.2) is 0 Å². The second kappa shape index (κ2) is 6.08. The Morgan fingerprint density at radius 1 is 1.28 bits per heavy atom. The highest BCUT2D eigenvalue weighted by Crippen LogP contribution is 2.36. The molecule has 1 fully saturated rings. The maximum atomic E-state index is 12.5. The Hall–Kier alpha value is -1.97. The number of thiophene rings is 1. The predicted molar refractivity (Wildman–Crippen MR) is 94.0 cm³/mol. The Balaban J connectivity index is 1.43. The van der Waals surface area contributed by atoms with Gasteiger partial charge in [-0.3, -0.25) is 4.98 Å². The largest absolute Gasteiger partial charge is 0.329 e. The smallest absolute Gasteiger partial charge is 0.317 e. The topological polar surface area (TPSA) is 82.6 Å². The van der Waals surface area contributed by atoms with Gasteiger partial charge in [-0.05, 0) is 23.6 Å². The number of pyridine rings is 1. The second-order valence-electron chi connectivity index (χ2n) is 6.29. The molecule has 1 atom stereocenters. The molecule has 7 nitrogen and oxygen atoms in total. The molecule has 0 unspecified atom stereocenters. The van der Waals surface area contributed by atoms with Crippen LogP contribution in [0, 0.1) is 0 Å². The number of urea groups is 1. The van der Waals surface area contributed by atoms with Gasteiger partial charge in [0.05, 0.1) is 10.9 Å². The Morgan fingerprint density at radius 3 is 2.80 bits per heavy atom. The number of likely N-dealkylation sites (N-methyl/N-ethyl adjacent to an activating group) is 1. The lowest BCUT2D eigenvalue weighted by Gasteiger charge is -2.40. The Kier molecular flexibility index (Phi) is 4.01. The summed E-state index contributed by atoms with van der Waals surface area (Å²) >= 11 is 1.37. The van der Waals surface area contributed by atoms with Crippen LogP contribution >= 0.6 is 11.3 Å².